The van der Waals surface area contributed by atoms with Gasteiger partial charge in [-0.15, -0.1) is 0 Å². The maximum Gasteiger partial charge on any atom is 0.0309 e. The first-order valence-corrected chi connectivity index (χ1v) is 9.54. The Bertz CT molecular complexity index is 341. The molecule has 3 aliphatic rings. The molecule has 2 unspecified atom stereocenters. The van der Waals surface area contributed by atoms with Crippen molar-refractivity contribution in [3.63, 3.8) is 0 Å². The summed E-state index contributed by atoms with van der Waals surface area (Å²) in [5, 5.41) is 3.94. The molecular weight excluding hydrogens is 256 g/mol. The summed E-state index contributed by atoms with van der Waals surface area (Å²) in [6.07, 6.45) is 10.1. The van der Waals surface area contributed by atoms with Gasteiger partial charge in [0.25, 0.3) is 0 Å². The molecule has 1 saturated heterocycles. The van der Waals surface area contributed by atoms with Gasteiger partial charge in [-0.25, -0.2) is 0 Å². The van der Waals surface area contributed by atoms with Crippen molar-refractivity contribution in [2.75, 3.05) is 13.1 Å². The van der Waals surface area contributed by atoms with Crippen LogP contribution in [0, 0.1) is 17.8 Å². The number of rotatable bonds is 4. The third kappa shape index (κ3) is 3.32. The van der Waals surface area contributed by atoms with Gasteiger partial charge < -0.3 is 5.32 Å². The lowest BCUT2D eigenvalue weighted by Crippen LogP contribution is -2.67. The highest BCUT2D eigenvalue weighted by Crippen LogP contribution is 2.43. The van der Waals surface area contributed by atoms with Crippen molar-refractivity contribution >= 4 is 0 Å². The van der Waals surface area contributed by atoms with E-state index in [9.17, 15) is 0 Å². The fraction of sp³-hybridized carbons (Fsp3) is 1.00. The fourth-order valence-electron chi connectivity index (χ4n) is 4.90. The van der Waals surface area contributed by atoms with Crippen LogP contribution in [0.3, 0.4) is 0 Å². The topological polar surface area (TPSA) is 15.3 Å². The van der Waals surface area contributed by atoms with Crippen LogP contribution in [0.2, 0.25) is 0 Å². The Morgan fingerprint density at radius 2 is 1.76 bits per heavy atom. The van der Waals surface area contributed by atoms with Crippen LogP contribution in [-0.2, 0) is 0 Å². The summed E-state index contributed by atoms with van der Waals surface area (Å²) in [7, 11) is 0. The third-order valence-electron chi connectivity index (χ3n) is 6.76. The van der Waals surface area contributed by atoms with E-state index >= 15 is 0 Å². The van der Waals surface area contributed by atoms with Crippen LogP contribution in [-0.4, -0.2) is 35.6 Å². The van der Waals surface area contributed by atoms with Crippen LogP contribution in [0.4, 0.5) is 0 Å². The Balaban J connectivity index is 1.68. The van der Waals surface area contributed by atoms with Crippen LogP contribution < -0.4 is 5.32 Å². The van der Waals surface area contributed by atoms with Gasteiger partial charge in [-0.05, 0) is 63.2 Å². The van der Waals surface area contributed by atoms with Gasteiger partial charge in [-0.1, -0.05) is 27.2 Å². The fourth-order valence-corrected chi connectivity index (χ4v) is 4.90. The van der Waals surface area contributed by atoms with Crippen LogP contribution >= 0.6 is 0 Å². The van der Waals surface area contributed by atoms with Crippen molar-refractivity contribution in [1.82, 2.24) is 10.2 Å². The van der Waals surface area contributed by atoms with E-state index in [0.29, 0.717) is 5.54 Å². The van der Waals surface area contributed by atoms with E-state index in [2.05, 4.69) is 37.9 Å². The van der Waals surface area contributed by atoms with Crippen LogP contribution in [0.1, 0.15) is 72.6 Å². The maximum absolute atomic E-state index is 3.94. The molecule has 0 spiro atoms. The highest BCUT2D eigenvalue weighted by molar-refractivity contribution is 5.05. The molecular formula is C19H36N2. The van der Waals surface area contributed by atoms with Crippen molar-refractivity contribution in [2.24, 2.45) is 17.8 Å². The summed E-state index contributed by atoms with van der Waals surface area (Å²) in [6, 6.07) is 1.61. The molecule has 0 amide bonds. The molecule has 0 aromatic heterocycles. The highest BCUT2D eigenvalue weighted by atomic mass is 15.3. The molecule has 0 radical (unpaired) electrons. The molecule has 0 aromatic rings. The lowest BCUT2D eigenvalue weighted by molar-refractivity contribution is 0.000911. The Hall–Kier alpha value is -0.0800. The second-order valence-corrected chi connectivity index (χ2v) is 8.64. The van der Waals surface area contributed by atoms with Gasteiger partial charge >= 0.3 is 0 Å². The summed E-state index contributed by atoms with van der Waals surface area (Å²) in [5.41, 5.74) is 0.396. The molecule has 2 heteroatoms. The molecule has 3 fully saturated rings. The number of nitrogens with one attached hydrogen (secondary N) is 1. The van der Waals surface area contributed by atoms with Gasteiger partial charge in [0, 0.05) is 30.7 Å². The maximum atomic E-state index is 3.94. The van der Waals surface area contributed by atoms with Crippen LogP contribution in [0.15, 0.2) is 0 Å². The molecule has 2 nitrogen and oxygen atoms in total. The molecule has 122 valence electrons. The van der Waals surface area contributed by atoms with Gasteiger partial charge in [-0.2, -0.15) is 0 Å². The van der Waals surface area contributed by atoms with Crippen LogP contribution in [0.5, 0.6) is 0 Å². The summed E-state index contributed by atoms with van der Waals surface area (Å²) in [5.74, 6) is 2.72. The minimum Gasteiger partial charge on any atom is -0.308 e. The molecule has 1 N–H and O–H groups in total. The van der Waals surface area contributed by atoms with Crippen molar-refractivity contribution in [2.45, 2.75) is 90.3 Å². The first-order valence-electron chi connectivity index (χ1n) is 9.54. The molecule has 2 saturated carbocycles. The first-order chi connectivity index (χ1) is 10.0. The van der Waals surface area contributed by atoms with Gasteiger partial charge in [0.2, 0.25) is 0 Å². The van der Waals surface area contributed by atoms with E-state index in [0.717, 1.165) is 29.8 Å². The summed E-state index contributed by atoms with van der Waals surface area (Å²) in [6.45, 7) is 12.2. The highest BCUT2D eigenvalue weighted by Gasteiger charge is 2.47. The zero-order chi connectivity index (χ0) is 15.0. The van der Waals surface area contributed by atoms with E-state index in [4.69, 9.17) is 0 Å². The van der Waals surface area contributed by atoms with Crippen molar-refractivity contribution in [1.29, 1.82) is 0 Å². The monoisotopic (exact) mass is 292 g/mol. The summed E-state index contributed by atoms with van der Waals surface area (Å²) >= 11 is 0. The predicted octanol–water partition coefficient (Wildman–Crippen LogP) is 4.05. The molecule has 2 aliphatic carbocycles. The zero-order valence-electron chi connectivity index (χ0n) is 14.7. The van der Waals surface area contributed by atoms with Gasteiger partial charge in [0.15, 0.2) is 0 Å². The van der Waals surface area contributed by atoms with E-state index in [1.165, 1.54) is 58.0 Å². The summed E-state index contributed by atoms with van der Waals surface area (Å²) < 4.78 is 0. The lowest BCUT2D eigenvalue weighted by Gasteiger charge is -2.52. The Morgan fingerprint density at radius 1 is 1.10 bits per heavy atom. The van der Waals surface area contributed by atoms with Gasteiger partial charge in [-0.3, -0.25) is 4.90 Å². The average Bonchev–Trinajstić information content (AvgIpc) is 3.32. The second-order valence-electron chi connectivity index (χ2n) is 8.64. The molecule has 1 aliphatic heterocycles. The third-order valence-corrected chi connectivity index (χ3v) is 6.76. The summed E-state index contributed by atoms with van der Waals surface area (Å²) in [4.78, 5) is 2.94. The Morgan fingerprint density at radius 3 is 2.29 bits per heavy atom. The Labute approximate surface area is 132 Å². The van der Waals surface area contributed by atoms with E-state index in [1.54, 1.807) is 0 Å². The molecule has 2 atom stereocenters. The van der Waals surface area contributed by atoms with Crippen molar-refractivity contribution < 1.29 is 0 Å². The first kappa shape index (κ1) is 15.8. The molecule has 21 heavy (non-hydrogen) atoms. The molecule has 1 heterocycles. The second kappa shape index (κ2) is 6.20. The minimum absolute atomic E-state index is 0.396. The molecule has 0 aromatic carbocycles. The van der Waals surface area contributed by atoms with E-state index in [-0.39, 0.29) is 0 Å². The standard InChI is InChI=1S/C19H36N2/c1-5-15-6-10-17(11-7-15)21-13-19(4,16-8-9-16)20-12-18(21)14(2)3/h14-18,20H,5-13H2,1-4H3. The van der Waals surface area contributed by atoms with Crippen molar-refractivity contribution in [3.05, 3.63) is 0 Å². The van der Waals surface area contributed by atoms with Gasteiger partial charge in [0.1, 0.15) is 0 Å². The van der Waals surface area contributed by atoms with Gasteiger partial charge in [0.05, 0.1) is 0 Å². The van der Waals surface area contributed by atoms with Crippen LogP contribution in [0.25, 0.3) is 0 Å². The minimum atomic E-state index is 0.396. The quantitative estimate of drug-likeness (QED) is 0.841. The molecule has 3 rings (SSSR count). The Kier molecular flexibility index (Phi) is 4.66. The lowest BCUT2D eigenvalue weighted by atomic mass is 9.80. The zero-order valence-corrected chi connectivity index (χ0v) is 14.7. The smallest absolute Gasteiger partial charge is 0.0309 e. The SMILES string of the molecule is CCC1CCC(N2CC(C)(C3CC3)NCC2C(C)C)CC1. The largest absolute Gasteiger partial charge is 0.308 e. The molecule has 0 bridgehead atoms. The number of hydrogen-bond acceptors (Lipinski definition) is 2. The number of piperazine rings is 1. The normalized spacial score (nSPS) is 42.4. The number of nitrogens with zero attached hydrogens (tertiary/aromatic N) is 1. The van der Waals surface area contributed by atoms with Crippen molar-refractivity contribution in [3.8, 4) is 0 Å². The van der Waals surface area contributed by atoms with E-state index in [1.807, 2.05) is 0 Å². The number of hydrogen-bond donors (Lipinski definition) is 1. The average molecular weight is 293 g/mol. The predicted molar refractivity (Wildman–Crippen MR) is 90.5 cm³/mol. The van der Waals surface area contributed by atoms with E-state index < -0.39 is 0 Å².